The van der Waals surface area contributed by atoms with Crippen LogP contribution in [0.5, 0.6) is 5.75 Å². The SMILES string of the molecule is Cc1ccc(C#N)cc1OC1CCCC(=O)C1. The fourth-order valence-electron chi connectivity index (χ4n) is 2.06. The van der Waals surface area contributed by atoms with Gasteiger partial charge < -0.3 is 4.74 Å². The zero-order chi connectivity index (χ0) is 12.3. The van der Waals surface area contributed by atoms with Crippen LogP contribution in [0.25, 0.3) is 0 Å². The predicted octanol–water partition coefficient (Wildman–Crippen LogP) is 2.76. The van der Waals surface area contributed by atoms with Gasteiger partial charge in [-0.3, -0.25) is 4.79 Å². The maximum Gasteiger partial charge on any atom is 0.136 e. The molecule has 1 aliphatic rings. The van der Waals surface area contributed by atoms with Crippen LogP contribution in [0.1, 0.15) is 36.8 Å². The number of hydrogen-bond acceptors (Lipinski definition) is 3. The van der Waals surface area contributed by atoms with E-state index in [1.54, 1.807) is 12.1 Å². The topological polar surface area (TPSA) is 50.1 Å². The Balaban J connectivity index is 2.12. The number of Topliss-reactive ketones (excluding diaryl/α,β-unsaturated/α-hetero) is 1. The van der Waals surface area contributed by atoms with Gasteiger partial charge in [0.25, 0.3) is 0 Å². The van der Waals surface area contributed by atoms with E-state index in [0.29, 0.717) is 18.4 Å². The van der Waals surface area contributed by atoms with Crippen LogP contribution in [0.15, 0.2) is 18.2 Å². The van der Waals surface area contributed by atoms with Crippen LogP contribution < -0.4 is 4.74 Å². The van der Waals surface area contributed by atoms with Crippen molar-refractivity contribution in [1.29, 1.82) is 5.26 Å². The summed E-state index contributed by atoms with van der Waals surface area (Å²) in [6.45, 7) is 1.95. The zero-order valence-corrected chi connectivity index (χ0v) is 9.90. The first-order valence-electron chi connectivity index (χ1n) is 5.88. The molecule has 2 rings (SSSR count). The fourth-order valence-corrected chi connectivity index (χ4v) is 2.06. The Morgan fingerprint density at radius 3 is 3.00 bits per heavy atom. The first-order chi connectivity index (χ1) is 8.19. The molecule has 1 aromatic carbocycles. The number of carbonyl (C=O) groups is 1. The van der Waals surface area contributed by atoms with Gasteiger partial charge in [0.15, 0.2) is 0 Å². The molecule has 1 aromatic rings. The van der Waals surface area contributed by atoms with Crippen molar-refractivity contribution in [3.63, 3.8) is 0 Å². The molecule has 0 spiro atoms. The molecule has 0 aliphatic heterocycles. The van der Waals surface area contributed by atoms with Crippen molar-refractivity contribution in [3.8, 4) is 11.8 Å². The number of hydrogen-bond donors (Lipinski definition) is 0. The second kappa shape index (κ2) is 5.01. The maximum absolute atomic E-state index is 11.3. The molecule has 0 radical (unpaired) electrons. The van der Waals surface area contributed by atoms with Crippen molar-refractivity contribution in [3.05, 3.63) is 29.3 Å². The Hall–Kier alpha value is -1.82. The van der Waals surface area contributed by atoms with Crippen molar-refractivity contribution >= 4 is 5.78 Å². The minimum atomic E-state index is -0.0242. The summed E-state index contributed by atoms with van der Waals surface area (Å²) in [4.78, 5) is 11.3. The molecule has 17 heavy (non-hydrogen) atoms. The molecule has 0 amide bonds. The lowest BCUT2D eigenvalue weighted by Gasteiger charge is -2.23. The third-order valence-electron chi connectivity index (χ3n) is 3.05. The number of ketones is 1. The van der Waals surface area contributed by atoms with E-state index >= 15 is 0 Å². The van der Waals surface area contributed by atoms with Gasteiger partial charge in [0, 0.05) is 12.8 Å². The van der Waals surface area contributed by atoms with Crippen molar-refractivity contribution in [2.24, 2.45) is 0 Å². The number of rotatable bonds is 2. The van der Waals surface area contributed by atoms with Crippen LogP contribution in [-0.4, -0.2) is 11.9 Å². The summed E-state index contributed by atoms with van der Waals surface area (Å²) in [5.74, 6) is 0.999. The average Bonchev–Trinajstić information content (AvgIpc) is 2.32. The molecule has 1 fully saturated rings. The average molecular weight is 229 g/mol. The number of benzene rings is 1. The van der Waals surface area contributed by atoms with Crippen LogP contribution in [0.2, 0.25) is 0 Å². The van der Waals surface area contributed by atoms with E-state index in [-0.39, 0.29) is 11.9 Å². The first-order valence-corrected chi connectivity index (χ1v) is 5.88. The maximum atomic E-state index is 11.3. The van der Waals surface area contributed by atoms with E-state index in [4.69, 9.17) is 10.00 Å². The minimum absolute atomic E-state index is 0.0242. The molecule has 1 atom stereocenters. The lowest BCUT2D eigenvalue weighted by atomic mass is 9.96. The first kappa shape index (κ1) is 11.7. The van der Waals surface area contributed by atoms with Crippen molar-refractivity contribution in [2.75, 3.05) is 0 Å². The molecule has 0 saturated heterocycles. The van der Waals surface area contributed by atoms with Crippen LogP contribution in [-0.2, 0) is 4.79 Å². The second-order valence-corrected chi connectivity index (χ2v) is 4.47. The smallest absolute Gasteiger partial charge is 0.136 e. The van der Waals surface area contributed by atoms with Gasteiger partial charge in [0.1, 0.15) is 17.6 Å². The Morgan fingerprint density at radius 1 is 1.47 bits per heavy atom. The molecular formula is C14H15NO2. The van der Waals surface area contributed by atoms with Crippen LogP contribution in [0, 0.1) is 18.3 Å². The van der Waals surface area contributed by atoms with Gasteiger partial charge in [0.2, 0.25) is 0 Å². The summed E-state index contributed by atoms with van der Waals surface area (Å²) in [7, 11) is 0. The zero-order valence-electron chi connectivity index (χ0n) is 9.90. The summed E-state index contributed by atoms with van der Waals surface area (Å²) in [5.41, 5.74) is 1.59. The van der Waals surface area contributed by atoms with E-state index in [2.05, 4.69) is 6.07 Å². The summed E-state index contributed by atoms with van der Waals surface area (Å²) in [6.07, 6.45) is 2.97. The fraction of sp³-hybridized carbons (Fsp3) is 0.429. The highest BCUT2D eigenvalue weighted by Gasteiger charge is 2.21. The van der Waals surface area contributed by atoms with E-state index < -0.39 is 0 Å². The van der Waals surface area contributed by atoms with E-state index in [1.807, 2.05) is 13.0 Å². The van der Waals surface area contributed by atoms with Gasteiger partial charge in [-0.05, 0) is 37.5 Å². The summed E-state index contributed by atoms with van der Waals surface area (Å²) in [5, 5.41) is 8.84. The molecule has 1 saturated carbocycles. The predicted molar refractivity (Wildman–Crippen MR) is 63.8 cm³/mol. The number of aryl methyl sites for hydroxylation is 1. The largest absolute Gasteiger partial charge is 0.490 e. The molecule has 1 unspecified atom stereocenters. The van der Waals surface area contributed by atoms with E-state index in [9.17, 15) is 4.79 Å². The van der Waals surface area contributed by atoms with Gasteiger partial charge in [0.05, 0.1) is 11.6 Å². The molecule has 0 bridgehead atoms. The minimum Gasteiger partial charge on any atom is -0.490 e. The Kier molecular flexibility index (Phi) is 3.43. The number of carbonyl (C=O) groups excluding carboxylic acids is 1. The van der Waals surface area contributed by atoms with Gasteiger partial charge in [-0.2, -0.15) is 5.26 Å². The molecule has 0 N–H and O–H groups in total. The summed E-state index contributed by atoms with van der Waals surface area (Å²) >= 11 is 0. The van der Waals surface area contributed by atoms with Gasteiger partial charge in [-0.15, -0.1) is 0 Å². The monoisotopic (exact) mass is 229 g/mol. The molecule has 1 aliphatic carbocycles. The third-order valence-corrected chi connectivity index (χ3v) is 3.05. The standard InChI is InChI=1S/C14H15NO2/c1-10-5-6-11(9-15)7-14(10)17-13-4-2-3-12(16)8-13/h5-7,13H,2-4,8H2,1H3. The van der Waals surface area contributed by atoms with Crippen molar-refractivity contribution in [1.82, 2.24) is 0 Å². The normalized spacial score (nSPS) is 19.8. The van der Waals surface area contributed by atoms with Crippen LogP contribution >= 0.6 is 0 Å². The lowest BCUT2D eigenvalue weighted by molar-refractivity contribution is -0.122. The van der Waals surface area contributed by atoms with Gasteiger partial charge in [-0.25, -0.2) is 0 Å². The Bertz CT molecular complexity index is 474. The quantitative estimate of drug-likeness (QED) is 0.783. The summed E-state index contributed by atoms with van der Waals surface area (Å²) in [6, 6.07) is 7.48. The molecule has 88 valence electrons. The van der Waals surface area contributed by atoms with Crippen molar-refractivity contribution < 1.29 is 9.53 Å². The highest BCUT2D eigenvalue weighted by molar-refractivity contribution is 5.79. The number of ether oxygens (including phenoxy) is 1. The lowest BCUT2D eigenvalue weighted by Crippen LogP contribution is -2.25. The van der Waals surface area contributed by atoms with Gasteiger partial charge in [-0.1, -0.05) is 6.07 Å². The van der Waals surface area contributed by atoms with Crippen LogP contribution in [0.4, 0.5) is 0 Å². The van der Waals surface area contributed by atoms with Crippen molar-refractivity contribution in [2.45, 2.75) is 38.7 Å². The Labute approximate surface area is 101 Å². The van der Waals surface area contributed by atoms with E-state index in [0.717, 1.165) is 24.2 Å². The third kappa shape index (κ3) is 2.85. The second-order valence-electron chi connectivity index (χ2n) is 4.47. The molecule has 3 nitrogen and oxygen atoms in total. The van der Waals surface area contributed by atoms with Crippen LogP contribution in [0.3, 0.4) is 0 Å². The Morgan fingerprint density at radius 2 is 2.29 bits per heavy atom. The highest BCUT2D eigenvalue weighted by Crippen LogP contribution is 2.25. The van der Waals surface area contributed by atoms with E-state index in [1.165, 1.54) is 0 Å². The molecule has 0 aromatic heterocycles. The highest BCUT2D eigenvalue weighted by atomic mass is 16.5. The molecule has 0 heterocycles. The molecule has 3 heteroatoms. The number of nitriles is 1. The van der Waals surface area contributed by atoms with Gasteiger partial charge >= 0.3 is 0 Å². The summed E-state index contributed by atoms with van der Waals surface area (Å²) < 4.78 is 5.83. The molecular weight excluding hydrogens is 214 g/mol. The number of nitrogens with zero attached hydrogens (tertiary/aromatic N) is 1.